The first-order valence-electron chi connectivity index (χ1n) is 14.4. The van der Waals surface area contributed by atoms with Crippen molar-refractivity contribution < 1.29 is 88.3 Å². The average Bonchev–Trinajstić information content (AvgIpc) is 3.54. The lowest BCUT2D eigenvalue weighted by molar-refractivity contribution is -0.497. The molecule has 10 unspecified atom stereocenters. The number of carbonyl (C=O) groups excluding carboxylic acids is 1. The number of methoxy groups -OCH3 is 2. The van der Waals surface area contributed by atoms with Gasteiger partial charge in [0.25, 0.3) is 0 Å². The predicted molar refractivity (Wildman–Crippen MR) is 144 cm³/mol. The van der Waals surface area contributed by atoms with Crippen LogP contribution in [0, 0.1) is 11.8 Å². The van der Waals surface area contributed by atoms with Gasteiger partial charge in [0, 0.05) is 5.92 Å². The molecule has 47 heavy (non-hydrogen) atoms. The maximum Gasteiger partial charge on any atom is 0.505 e. The molecule has 2 aromatic rings. The molecule has 1 aliphatic carbocycles. The number of fused-ring (bicyclic) bond motifs is 4. The number of cyclic esters (lactones) is 1. The van der Waals surface area contributed by atoms with Gasteiger partial charge in [-0.25, -0.2) is 0 Å². The molecule has 18 nitrogen and oxygen atoms in total. The summed E-state index contributed by atoms with van der Waals surface area (Å²) in [6, 6.07) is 4.97. The SMILES string of the molecule is COc1cc(C2(O)c3cc4c(cc3C(OC3OC5C(OC(C)OC5(O)O)C(O)C3O)C3COC(=O)C32)OC(O)(O)O4)cc(OC)c1O. The number of phenolic OH excluding ortho intramolecular Hbond substituents is 1. The number of ether oxygens (including phenoxy) is 9. The Balaban J connectivity index is 1.37. The van der Waals surface area contributed by atoms with E-state index in [-0.39, 0.29) is 46.3 Å². The smallest absolute Gasteiger partial charge is 0.502 e. The molecule has 5 aliphatic rings. The van der Waals surface area contributed by atoms with Crippen LogP contribution in [0.4, 0.5) is 0 Å². The summed E-state index contributed by atoms with van der Waals surface area (Å²) in [5.74, 6) is -7.49. The maximum absolute atomic E-state index is 13.5. The number of benzene rings is 2. The van der Waals surface area contributed by atoms with E-state index in [2.05, 4.69) is 0 Å². The Kier molecular flexibility index (Phi) is 7.32. The van der Waals surface area contributed by atoms with Crippen LogP contribution in [0.25, 0.3) is 0 Å². The molecule has 10 atom stereocenters. The number of hydrogen-bond acceptors (Lipinski definition) is 18. The van der Waals surface area contributed by atoms with E-state index in [0.29, 0.717) is 0 Å². The van der Waals surface area contributed by atoms with Gasteiger partial charge in [-0.3, -0.25) is 19.7 Å². The Morgan fingerprint density at radius 1 is 0.894 bits per heavy atom. The molecule has 0 amide bonds. The molecule has 0 aromatic heterocycles. The van der Waals surface area contributed by atoms with Crippen LogP contribution in [0.15, 0.2) is 24.3 Å². The zero-order valence-electron chi connectivity index (χ0n) is 24.9. The first-order chi connectivity index (χ1) is 22.1. The molecule has 7 rings (SSSR count). The van der Waals surface area contributed by atoms with Gasteiger partial charge >= 0.3 is 18.1 Å². The zero-order valence-corrected chi connectivity index (χ0v) is 24.9. The second kappa shape index (κ2) is 10.7. The van der Waals surface area contributed by atoms with E-state index in [9.17, 15) is 45.6 Å². The summed E-state index contributed by atoms with van der Waals surface area (Å²) in [7, 11) is 2.53. The van der Waals surface area contributed by atoms with Crippen LogP contribution < -0.4 is 18.9 Å². The van der Waals surface area contributed by atoms with E-state index >= 15 is 0 Å². The predicted octanol–water partition coefficient (Wildman–Crippen LogP) is -2.28. The summed E-state index contributed by atoms with van der Waals surface area (Å²) in [4.78, 5) is 13.5. The summed E-state index contributed by atoms with van der Waals surface area (Å²) in [6.07, 6.45) is -14.3. The Bertz CT molecular complexity index is 1570. The fourth-order valence-corrected chi connectivity index (χ4v) is 7.02. The van der Waals surface area contributed by atoms with Gasteiger partial charge in [0.05, 0.1) is 26.9 Å². The molecule has 0 radical (unpaired) electrons. The van der Waals surface area contributed by atoms with Crippen molar-refractivity contribution in [2.45, 2.75) is 67.8 Å². The highest BCUT2D eigenvalue weighted by atomic mass is 17.0. The summed E-state index contributed by atoms with van der Waals surface area (Å²) < 4.78 is 48.5. The average molecular weight is 669 g/mol. The van der Waals surface area contributed by atoms with Crippen molar-refractivity contribution >= 4 is 5.97 Å². The standard InChI is InChI=1S/C29H32O18/c1-9-42-23-20(31)21(32)26(44-24(23)28(35,36)45-9)43-22-11-6-14-15(47-29(37,38)46-14)7-13(11)27(34,18-12(22)8-41-25(18)33)10-4-16(39-2)19(30)17(5-10)40-3/h4-7,9,12,18,20-24,26,30-32,34-38H,8H2,1-3H3. The molecule has 0 bridgehead atoms. The Morgan fingerprint density at radius 3 is 2.17 bits per heavy atom. The van der Waals surface area contributed by atoms with Crippen LogP contribution in [-0.2, 0) is 34.1 Å². The van der Waals surface area contributed by atoms with Crippen LogP contribution in [0.2, 0.25) is 0 Å². The summed E-state index contributed by atoms with van der Waals surface area (Å²) in [6.45, 7) is 0.999. The van der Waals surface area contributed by atoms with Crippen molar-refractivity contribution in [1.29, 1.82) is 0 Å². The number of aromatic hydroxyl groups is 1. The van der Waals surface area contributed by atoms with E-state index in [4.69, 9.17) is 42.6 Å². The molecule has 256 valence electrons. The fraction of sp³-hybridized carbons (Fsp3) is 0.552. The number of rotatable bonds is 5. The highest BCUT2D eigenvalue weighted by Gasteiger charge is 2.64. The minimum absolute atomic E-state index is 0.0149. The number of esters is 1. The van der Waals surface area contributed by atoms with Crippen LogP contribution in [0.3, 0.4) is 0 Å². The van der Waals surface area contributed by atoms with Crippen LogP contribution in [0.1, 0.15) is 29.7 Å². The maximum atomic E-state index is 13.5. The molecule has 0 spiro atoms. The molecule has 4 aliphatic heterocycles. The number of phenols is 1. The minimum Gasteiger partial charge on any atom is -0.502 e. The zero-order chi connectivity index (χ0) is 33.8. The van der Waals surface area contributed by atoms with Gasteiger partial charge in [-0.2, -0.15) is 0 Å². The van der Waals surface area contributed by atoms with E-state index in [1.165, 1.54) is 45.4 Å². The summed E-state index contributed by atoms with van der Waals surface area (Å²) in [5, 5.41) is 86.5. The minimum atomic E-state index is -3.09. The molecule has 2 aromatic carbocycles. The van der Waals surface area contributed by atoms with E-state index < -0.39 is 84.4 Å². The topological polar surface area (TPSA) is 262 Å². The van der Waals surface area contributed by atoms with E-state index in [0.717, 1.165) is 0 Å². The van der Waals surface area contributed by atoms with Crippen molar-refractivity contribution in [3.05, 3.63) is 41.0 Å². The monoisotopic (exact) mass is 668 g/mol. The van der Waals surface area contributed by atoms with E-state index in [1.54, 1.807) is 0 Å². The van der Waals surface area contributed by atoms with Crippen molar-refractivity contribution in [2.75, 3.05) is 20.8 Å². The molecule has 18 heteroatoms. The van der Waals surface area contributed by atoms with Gasteiger partial charge in [-0.15, -0.1) is 0 Å². The number of aliphatic hydroxyl groups is 7. The highest BCUT2D eigenvalue weighted by Crippen LogP contribution is 2.59. The summed E-state index contributed by atoms with van der Waals surface area (Å²) >= 11 is 0. The molecule has 4 heterocycles. The van der Waals surface area contributed by atoms with Crippen LogP contribution in [-0.4, -0.2) is 117 Å². The van der Waals surface area contributed by atoms with Gasteiger partial charge in [0.2, 0.25) is 5.75 Å². The Morgan fingerprint density at radius 2 is 1.53 bits per heavy atom. The van der Waals surface area contributed by atoms with Gasteiger partial charge in [-0.1, -0.05) is 0 Å². The first-order valence-corrected chi connectivity index (χ1v) is 14.4. The normalized spacial score (nSPS) is 37.7. The van der Waals surface area contributed by atoms with Crippen molar-refractivity contribution in [3.8, 4) is 28.7 Å². The fourth-order valence-electron chi connectivity index (χ4n) is 7.02. The molecule has 3 fully saturated rings. The quantitative estimate of drug-likeness (QED) is 0.123. The van der Waals surface area contributed by atoms with Crippen LogP contribution in [0.5, 0.6) is 28.7 Å². The second-order valence-corrected chi connectivity index (χ2v) is 11.8. The summed E-state index contributed by atoms with van der Waals surface area (Å²) in [5.41, 5.74) is -2.38. The van der Waals surface area contributed by atoms with Crippen molar-refractivity contribution in [2.24, 2.45) is 11.8 Å². The third-order valence-electron chi connectivity index (χ3n) is 9.06. The molecule has 3 saturated heterocycles. The lowest BCUT2D eigenvalue weighted by atomic mass is 9.63. The molecule has 8 N–H and O–H groups in total. The lowest BCUT2D eigenvalue weighted by Crippen LogP contribution is -2.70. The Hall–Kier alpha value is -3.53. The van der Waals surface area contributed by atoms with Gasteiger partial charge < -0.3 is 68.5 Å². The molecular weight excluding hydrogens is 636 g/mol. The van der Waals surface area contributed by atoms with E-state index in [1.807, 2.05) is 0 Å². The largest absolute Gasteiger partial charge is 0.505 e. The van der Waals surface area contributed by atoms with Gasteiger partial charge in [0.15, 0.2) is 41.7 Å². The number of aliphatic hydroxyl groups excluding tert-OH is 2. The number of hydrogen-bond donors (Lipinski definition) is 8. The highest BCUT2D eigenvalue weighted by molar-refractivity contribution is 5.80. The second-order valence-electron chi connectivity index (χ2n) is 11.8. The van der Waals surface area contributed by atoms with Crippen molar-refractivity contribution in [1.82, 2.24) is 0 Å². The molecular formula is C29H32O18. The van der Waals surface area contributed by atoms with Crippen molar-refractivity contribution in [3.63, 3.8) is 0 Å². The Labute approximate surface area is 264 Å². The van der Waals surface area contributed by atoms with Gasteiger partial charge in [-0.05, 0) is 47.9 Å². The third kappa shape index (κ3) is 4.79. The lowest BCUT2D eigenvalue weighted by Gasteiger charge is -2.51. The van der Waals surface area contributed by atoms with Gasteiger partial charge in [0.1, 0.15) is 29.8 Å². The molecule has 0 saturated carbocycles. The number of carbonyl (C=O) groups is 1. The third-order valence-corrected chi connectivity index (χ3v) is 9.06. The van der Waals surface area contributed by atoms with Crippen LogP contribution >= 0.6 is 0 Å². The first kappa shape index (κ1) is 32.0.